The topological polar surface area (TPSA) is 106 Å². The van der Waals surface area contributed by atoms with Crippen molar-refractivity contribution >= 4 is 27.0 Å². The lowest BCUT2D eigenvalue weighted by molar-refractivity contribution is 0.383. The molecule has 0 aliphatic heterocycles. The van der Waals surface area contributed by atoms with Gasteiger partial charge in [-0.25, -0.2) is 13.1 Å². The van der Waals surface area contributed by atoms with Gasteiger partial charge in [0.25, 0.3) is 0 Å². The van der Waals surface area contributed by atoms with Crippen molar-refractivity contribution in [2.45, 2.75) is 30.3 Å². The lowest BCUT2D eigenvalue weighted by atomic mass is 10.3. The Morgan fingerprint density at radius 2 is 2.19 bits per heavy atom. The lowest BCUT2D eigenvalue weighted by Crippen LogP contribution is -2.25. The number of methoxy groups -OCH3 is 1. The molecule has 0 bridgehead atoms. The molecular weight excluding hydrogens is 388 g/mol. The van der Waals surface area contributed by atoms with Crippen molar-refractivity contribution in [3.05, 3.63) is 41.6 Å². The standard InChI is InChI=1S/C17H18N4O4S2/c1-24-14-7-6-12(27(22,23)21-11-4-5-11)9-13(14)18-10-16-19-17(20-25-16)15-3-2-8-26-15/h2-3,6-9,11,18,21H,4-5,10H2,1H3. The van der Waals surface area contributed by atoms with Crippen molar-refractivity contribution in [2.24, 2.45) is 0 Å². The van der Waals surface area contributed by atoms with Crippen molar-refractivity contribution in [1.82, 2.24) is 14.9 Å². The van der Waals surface area contributed by atoms with Gasteiger partial charge in [-0.05, 0) is 42.5 Å². The second-order valence-electron chi connectivity index (χ2n) is 6.10. The van der Waals surface area contributed by atoms with E-state index in [9.17, 15) is 8.42 Å². The number of hydrogen-bond acceptors (Lipinski definition) is 8. The molecule has 1 saturated carbocycles. The summed E-state index contributed by atoms with van der Waals surface area (Å²) in [5.74, 6) is 1.45. The molecule has 27 heavy (non-hydrogen) atoms. The van der Waals surface area contributed by atoms with E-state index in [-0.39, 0.29) is 17.5 Å². The molecule has 2 aromatic heterocycles. The molecule has 0 unspecified atom stereocenters. The second-order valence-corrected chi connectivity index (χ2v) is 8.76. The SMILES string of the molecule is COc1ccc(S(=O)(=O)NC2CC2)cc1NCc1nc(-c2cccs2)no1. The van der Waals surface area contributed by atoms with Crippen LogP contribution in [0.3, 0.4) is 0 Å². The van der Waals surface area contributed by atoms with Crippen molar-refractivity contribution in [2.75, 3.05) is 12.4 Å². The molecule has 2 heterocycles. The van der Waals surface area contributed by atoms with E-state index in [2.05, 4.69) is 20.2 Å². The van der Waals surface area contributed by atoms with Crippen LogP contribution in [0.5, 0.6) is 5.75 Å². The maximum atomic E-state index is 12.4. The molecule has 8 nitrogen and oxygen atoms in total. The first-order chi connectivity index (χ1) is 13.0. The molecule has 1 fully saturated rings. The third-order valence-electron chi connectivity index (χ3n) is 4.02. The van der Waals surface area contributed by atoms with E-state index in [0.29, 0.717) is 23.2 Å². The zero-order chi connectivity index (χ0) is 18.9. The number of sulfonamides is 1. The number of thiophene rings is 1. The predicted molar refractivity (Wildman–Crippen MR) is 101 cm³/mol. The van der Waals surface area contributed by atoms with Gasteiger partial charge in [-0.1, -0.05) is 11.2 Å². The van der Waals surface area contributed by atoms with Gasteiger partial charge in [0, 0.05) is 6.04 Å². The molecule has 1 aromatic carbocycles. The van der Waals surface area contributed by atoms with Crippen LogP contribution in [0.4, 0.5) is 5.69 Å². The molecule has 1 aliphatic rings. The summed E-state index contributed by atoms with van der Waals surface area (Å²) in [6.07, 6.45) is 1.76. The number of nitrogens with zero attached hydrogens (tertiary/aromatic N) is 2. The quantitative estimate of drug-likeness (QED) is 0.592. The van der Waals surface area contributed by atoms with E-state index in [4.69, 9.17) is 9.26 Å². The van der Waals surface area contributed by atoms with Gasteiger partial charge in [0.2, 0.25) is 21.7 Å². The van der Waals surface area contributed by atoms with Crippen LogP contribution in [0.1, 0.15) is 18.7 Å². The highest BCUT2D eigenvalue weighted by Gasteiger charge is 2.28. The van der Waals surface area contributed by atoms with E-state index in [1.807, 2.05) is 17.5 Å². The first-order valence-electron chi connectivity index (χ1n) is 8.36. The predicted octanol–water partition coefficient (Wildman–Crippen LogP) is 2.86. The molecule has 1 aliphatic carbocycles. The van der Waals surface area contributed by atoms with E-state index in [0.717, 1.165) is 17.7 Å². The Morgan fingerprint density at radius 3 is 2.89 bits per heavy atom. The molecule has 0 atom stereocenters. The van der Waals surface area contributed by atoms with Crippen molar-refractivity contribution in [3.8, 4) is 16.5 Å². The van der Waals surface area contributed by atoms with E-state index < -0.39 is 10.0 Å². The van der Waals surface area contributed by atoms with Gasteiger partial charge >= 0.3 is 0 Å². The summed E-state index contributed by atoms with van der Waals surface area (Å²) < 4.78 is 38.1. The number of anilines is 1. The summed E-state index contributed by atoms with van der Waals surface area (Å²) in [5.41, 5.74) is 0.534. The van der Waals surface area contributed by atoms with Gasteiger partial charge in [0.1, 0.15) is 5.75 Å². The maximum Gasteiger partial charge on any atom is 0.246 e. The van der Waals surface area contributed by atoms with Crippen molar-refractivity contribution in [1.29, 1.82) is 0 Å². The zero-order valence-corrected chi connectivity index (χ0v) is 16.1. The lowest BCUT2D eigenvalue weighted by Gasteiger charge is -2.12. The minimum atomic E-state index is -3.55. The average molecular weight is 406 g/mol. The molecule has 142 valence electrons. The van der Waals surface area contributed by atoms with Crippen LogP contribution >= 0.6 is 11.3 Å². The maximum absolute atomic E-state index is 12.4. The fourth-order valence-electron chi connectivity index (χ4n) is 2.48. The highest BCUT2D eigenvalue weighted by molar-refractivity contribution is 7.89. The van der Waals surface area contributed by atoms with Crippen LogP contribution in [0, 0.1) is 0 Å². The summed E-state index contributed by atoms with van der Waals surface area (Å²) in [6, 6.07) is 8.56. The molecule has 3 aromatic rings. The number of benzene rings is 1. The normalized spacial score (nSPS) is 14.3. The number of aromatic nitrogens is 2. The van der Waals surface area contributed by atoms with Gasteiger partial charge < -0.3 is 14.6 Å². The summed E-state index contributed by atoms with van der Waals surface area (Å²) in [7, 11) is -2.02. The minimum absolute atomic E-state index is 0.0441. The number of nitrogens with one attached hydrogen (secondary N) is 2. The number of rotatable bonds is 8. The molecule has 4 rings (SSSR count). The average Bonchev–Trinajstić information content (AvgIpc) is 3.14. The Bertz CT molecular complexity index is 1030. The van der Waals surface area contributed by atoms with Gasteiger partial charge in [0.15, 0.2) is 0 Å². The molecule has 2 N–H and O–H groups in total. The number of hydrogen-bond donors (Lipinski definition) is 2. The first kappa shape index (κ1) is 18.0. The number of ether oxygens (including phenoxy) is 1. The molecular formula is C17H18N4O4S2. The summed E-state index contributed by atoms with van der Waals surface area (Å²) in [4.78, 5) is 5.44. The Balaban J connectivity index is 1.51. The van der Waals surface area contributed by atoms with Crippen LogP contribution in [-0.2, 0) is 16.6 Å². The third kappa shape index (κ3) is 4.12. The largest absolute Gasteiger partial charge is 0.495 e. The Morgan fingerprint density at radius 1 is 1.33 bits per heavy atom. The summed E-state index contributed by atoms with van der Waals surface area (Å²) in [6.45, 7) is 0.244. The van der Waals surface area contributed by atoms with E-state index in [1.165, 1.54) is 24.5 Å². The minimum Gasteiger partial charge on any atom is -0.495 e. The molecule has 0 amide bonds. The van der Waals surface area contributed by atoms with Crippen molar-refractivity contribution in [3.63, 3.8) is 0 Å². The molecule has 0 radical (unpaired) electrons. The van der Waals surface area contributed by atoms with Crippen LogP contribution in [0.15, 0.2) is 45.1 Å². The highest BCUT2D eigenvalue weighted by Crippen LogP contribution is 2.29. The second kappa shape index (κ2) is 7.29. The summed E-state index contributed by atoms with van der Waals surface area (Å²) >= 11 is 1.53. The Labute approximate surface area is 160 Å². The van der Waals surface area contributed by atoms with Crippen LogP contribution in [0.25, 0.3) is 10.7 Å². The highest BCUT2D eigenvalue weighted by atomic mass is 32.2. The van der Waals surface area contributed by atoms with Gasteiger partial charge in [-0.15, -0.1) is 11.3 Å². The van der Waals surface area contributed by atoms with Crippen LogP contribution in [-0.4, -0.2) is 31.7 Å². The molecule has 0 saturated heterocycles. The first-order valence-corrected chi connectivity index (χ1v) is 10.7. The van der Waals surface area contributed by atoms with Gasteiger partial charge in [-0.2, -0.15) is 4.98 Å². The third-order valence-corrected chi connectivity index (χ3v) is 6.40. The van der Waals surface area contributed by atoms with Crippen LogP contribution in [0.2, 0.25) is 0 Å². The zero-order valence-electron chi connectivity index (χ0n) is 14.5. The van der Waals surface area contributed by atoms with E-state index >= 15 is 0 Å². The molecule has 10 heteroatoms. The Kier molecular flexibility index (Phi) is 4.85. The van der Waals surface area contributed by atoms with E-state index in [1.54, 1.807) is 12.1 Å². The molecule has 0 spiro atoms. The van der Waals surface area contributed by atoms with Crippen molar-refractivity contribution < 1.29 is 17.7 Å². The monoisotopic (exact) mass is 406 g/mol. The Hall–Kier alpha value is -2.43. The fraction of sp³-hybridized carbons (Fsp3) is 0.294. The van der Waals surface area contributed by atoms with Gasteiger partial charge in [-0.3, -0.25) is 0 Å². The van der Waals surface area contributed by atoms with Crippen LogP contribution < -0.4 is 14.8 Å². The fourth-order valence-corrected chi connectivity index (χ4v) is 4.46. The summed E-state index contributed by atoms with van der Waals surface area (Å²) in [5, 5.41) is 9.01. The smallest absolute Gasteiger partial charge is 0.246 e. The van der Waals surface area contributed by atoms with Gasteiger partial charge in [0.05, 0.1) is 29.1 Å².